The molecule has 0 atom stereocenters. The summed E-state index contributed by atoms with van der Waals surface area (Å²) in [6.45, 7) is 0. The highest BCUT2D eigenvalue weighted by atomic mass is 16.1. The minimum Gasteiger partial charge on any atom is -0.310 e. The molecule has 0 aliphatic rings. The van der Waals surface area contributed by atoms with Crippen LogP contribution < -0.4 is 5.56 Å². The molecule has 2 heteroatoms. The number of nitrogens with zero attached hydrogens (tertiary/aromatic N) is 1. The van der Waals surface area contributed by atoms with E-state index >= 15 is 0 Å². The predicted octanol–water partition coefficient (Wildman–Crippen LogP) is 13.4. The van der Waals surface area contributed by atoms with Gasteiger partial charge in [-0.2, -0.15) is 0 Å². The molecule has 0 saturated carbocycles. The summed E-state index contributed by atoms with van der Waals surface area (Å²) in [5.74, 6) is 0. The topological polar surface area (TPSA) is 22.0 Å². The van der Waals surface area contributed by atoms with Gasteiger partial charge < -0.3 is 4.57 Å². The average Bonchev–Trinajstić information content (AvgIpc) is 3.23. The van der Waals surface area contributed by atoms with Crippen molar-refractivity contribution in [2.45, 2.75) is 0 Å². The van der Waals surface area contributed by atoms with Crippen LogP contribution in [0.2, 0.25) is 0 Å². The van der Waals surface area contributed by atoms with E-state index in [1.807, 2.05) is 35.9 Å². The van der Waals surface area contributed by atoms with E-state index in [1.165, 1.54) is 54.2 Å². The van der Waals surface area contributed by atoms with Crippen LogP contribution in [0.3, 0.4) is 0 Å². The van der Waals surface area contributed by atoms with E-state index < -0.39 is 0 Å². The lowest BCUT2D eigenvalue weighted by atomic mass is 9.79. The first-order valence-corrected chi connectivity index (χ1v) is 18.5. The monoisotopic (exact) mass is 687 g/mol. The van der Waals surface area contributed by atoms with Crippen LogP contribution in [0.4, 0.5) is 0 Å². The lowest BCUT2D eigenvalue weighted by molar-refractivity contribution is 0.882. The molecule has 0 saturated heterocycles. The van der Waals surface area contributed by atoms with Crippen molar-refractivity contribution < 1.29 is 0 Å². The zero-order valence-corrected chi connectivity index (χ0v) is 29.7. The molecule has 0 aliphatic carbocycles. The van der Waals surface area contributed by atoms with Crippen molar-refractivity contribution in [1.82, 2.24) is 4.57 Å². The van der Waals surface area contributed by atoms with Crippen LogP contribution in [-0.4, -0.2) is 4.57 Å². The van der Waals surface area contributed by atoms with E-state index in [-0.39, 0.29) is 5.56 Å². The Kier molecular flexibility index (Phi) is 6.65. The van der Waals surface area contributed by atoms with Crippen LogP contribution in [0.15, 0.2) is 187 Å². The van der Waals surface area contributed by atoms with Gasteiger partial charge in [0.25, 0.3) is 5.56 Å². The summed E-state index contributed by atoms with van der Waals surface area (Å²) in [4.78, 5) is 14.7. The summed E-state index contributed by atoms with van der Waals surface area (Å²) in [5.41, 5.74) is 8.23. The molecule has 1 heterocycles. The number of fused-ring (bicyclic) bond motifs is 5. The van der Waals surface area contributed by atoms with Gasteiger partial charge in [0.05, 0.1) is 11.3 Å². The van der Waals surface area contributed by atoms with Gasteiger partial charge in [-0.15, -0.1) is 0 Å². The third kappa shape index (κ3) is 4.31. The fraction of sp³-hybridized carbons (Fsp3) is 0.0192. The lowest BCUT2D eigenvalue weighted by Crippen LogP contribution is -2.21. The predicted molar refractivity (Wildman–Crippen MR) is 230 cm³/mol. The van der Waals surface area contributed by atoms with Crippen molar-refractivity contribution in [3.05, 3.63) is 192 Å². The Balaban J connectivity index is 1.49. The molecule has 0 bridgehead atoms. The number of rotatable bonds is 4. The maximum absolute atomic E-state index is 14.7. The van der Waals surface area contributed by atoms with E-state index in [4.69, 9.17) is 0 Å². The number of hydrogen-bond donors (Lipinski definition) is 0. The van der Waals surface area contributed by atoms with Crippen LogP contribution >= 0.6 is 0 Å². The fourth-order valence-corrected chi connectivity index (χ4v) is 9.25. The largest absolute Gasteiger partial charge is 0.310 e. The van der Waals surface area contributed by atoms with Gasteiger partial charge in [0.1, 0.15) is 0 Å². The molecular formula is C52H33NO. The van der Waals surface area contributed by atoms with Crippen LogP contribution in [0.5, 0.6) is 0 Å². The van der Waals surface area contributed by atoms with E-state index in [0.717, 1.165) is 49.5 Å². The van der Waals surface area contributed by atoms with Crippen molar-refractivity contribution in [2.75, 3.05) is 0 Å². The Morgan fingerprint density at radius 1 is 0.333 bits per heavy atom. The quantitative estimate of drug-likeness (QED) is 0.133. The van der Waals surface area contributed by atoms with E-state index in [9.17, 15) is 4.79 Å². The second-order valence-electron chi connectivity index (χ2n) is 14.4. The molecule has 252 valence electrons. The number of aromatic nitrogens is 1. The van der Waals surface area contributed by atoms with E-state index in [0.29, 0.717) is 5.56 Å². The zero-order chi connectivity index (χ0) is 35.9. The normalized spacial score (nSPS) is 11.9. The molecule has 0 amide bonds. The van der Waals surface area contributed by atoms with Crippen molar-refractivity contribution in [3.63, 3.8) is 0 Å². The van der Waals surface area contributed by atoms with Crippen molar-refractivity contribution in [3.8, 4) is 44.6 Å². The standard InChI is InChI=1S/C52H33NO/c1-53-51(37-22-12-5-13-23-37)43-31-41-40(30-42(43)48(52(53)54)34-20-10-4-11-21-34)46(32-16-6-2-7-17-32)49-38-26-14-24-35-28-29-36-25-15-27-39(45(36)44(35)38)50(49)47(41)33-18-8-3-9-19-33/h2-31H,1H3. The average molecular weight is 688 g/mol. The van der Waals surface area contributed by atoms with Gasteiger partial charge in [0.2, 0.25) is 0 Å². The van der Waals surface area contributed by atoms with Gasteiger partial charge in [-0.25, -0.2) is 0 Å². The van der Waals surface area contributed by atoms with E-state index in [2.05, 4.69) is 158 Å². The third-order valence-electron chi connectivity index (χ3n) is 11.5. The first-order valence-electron chi connectivity index (χ1n) is 18.5. The van der Waals surface area contributed by atoms with Gasteiger partial charge in [-0.3, -0.25) is 4.79 Å². The first-order chi connectivity index (χ1) is 26.7. The second kappa shape index (κ2) is 11.7. The molecule has 54 heavy (non-hydrogen) atoms. The molecule has 11 aromatic rings. The maximum atomic E-state index is 14.7. The molecule has 2 nitrogen and oxygen atoms in total. The Bertz CT molecular complexity index is 3310. The summed E-state index contributed by atoms with van der Waals surface area (Å²) in [7, 11) is 1.92. The summed E-state index contributed by atoms with van der Waals surface area (Å²) in [6, 6.07) is 65.0. The molecule has 0 N–H and O–H groups in total. The number of pyridine rings is 1. The maximum Gasteiger partial charge on any atom is 0.259 e. The lowest BCUT2D eigenvalue weighted by Gasteiger charge is -2.24. The highest BCUT2D eigenvalue weighted by Crippen LogP contribution is 2.52. The Labute approximate surface area is 312 Å². The Hall–Kier alpha value is -7.03. The SMILES string of the molecule is Cn1c(-c2ccccc2)c2cc3c(-c4ccccc4)c4c5cccc6ccc7cccc(c4c(-c4ccccc4)c3cc2c(-c2ccccc2)c1=O)c7c65. The molecule has 0 spiro atoms. The first kappa shape index (κ1) is 30.6. The van der Waals surface area contributed by atoms with Crippen molar-refractivity contribution in [2.24, 2.45) is 7.05 Å². The Morgan fingerprint density at radius 2 is 0.722 bits per heavy atom. The fourth-order valence-electron chi connectivity index (χ4n) is 9.25. The van der Waals surface area contributed by atoms with Crippen LogP contribution in [0, 0.1) is 0 Å². The van der Waals surface area contributed by atoms with Crippen molar-refractivity contribution >= 4 is 64.6 Å². The van der Waals surface area contributed by atoms with Gasteiger partial charge >= 0.3 is 0 Å². The van der Waals surface area contributed by atoms with Crippen LogP contribution in [0.25, 0.3) is 109 Å². The highest BCUT2D eigenvalue weighted by Gasteiger charge is 2.26. The summed E-state index contributed by atoms with van der Waals surface area (Å²) < 4.78 is 1.85. The molecule has 0 fully saturated rings. The molecule has 0 aliphatic heterocycles. The second-order valence-corrected chi connectivity index (χ2v) is 14.4. The van der Waals surface area contributed by atoms with Crippen molar-refractivity contribution in [1.29, 1.82) is 0 Å². The Morgan fingerprint density at radius 3 is 1.19 bits per heavy atom. The van der Waals surface area contributed by atoms with Gasteiger partial charge in [-0.05, 0) is 105 Å². The zero-order valence-electron chi connectivity index (χ0n) is 29.7. The minimum atomic E-state index is -0.0141. The molecule has 0 unspecified atom stereocenters. The van der Waals surface area contributed by atoms with Crippen LogP contribution in [-0.2, 0) is 7.05 Å². The number of hydrogen-bond acceptors (Lipinski definition) is 1. The molecule has 11 rings (SSSR count). The van der Waals surface area contributed by atoms with Gasteiger partial charge in [-0.1, -0.05) is 170 Å². The minimum absolute atomic E-state index is 0.0141. The summed E-state index contributed by atoms with van der Waals surface area (Å²) >= 11 is 0. The smallest absolute Gasteiger partial charge is 0.259 e. The van der Waals surface area contributed by atoms with Gasteiger partial charge in [0, 0.05) is 12.4 Å². The summed E-state index contributed by atoms with van der Waals surface area (Å²) in [5, 5.41) is 14.3. The number of benzene rings is 10. The molecule has 1 aromatic heterocycles. The molecule has 10 aromatic carbocycles. The molecular weight excluding hydrogens is 655 g/mol. The van der Waals surface area contributed by atoms with Gasteiger partial charge in [0.15, 0.2) is 0 Å². The molecule has 0 radical (unpaired) electrons. The summed E-state index contributed by atoms with van der Waals surface area (Å²) in [6.07, 6.45) is 0. The van der Waals surface area contributed by atoms with Crippen LogP contribution in [0.1, 0.15) is 0 Å². The highest BCUT2D eigenvalue weighted by molar-refractivity contribution is 6.41. The third-order valence-corrected chi connectivity index (χ3v) is 11.5. The van der Waals surface area contributed by atoms with E-state index in [1.54, 1.807) is 0 Å².